The molecule has 1 aliphatic rings. The Bertz CT molecular complexity index is 3660. The second-order valence-corrected chi connectivity index (χ2v) is 21.1. The number of fused-ring (bicyclic) bond motifs is 1. The van der Waals surface area contributed by atoms with E-state index in [2.05, 4.69) is 161 Å². The third kappa shape index (κ3) is 8.67. The predicted molar refractivity (Wildman–Crippen MR) is 296 cm³/mol. The third-order valence-electron chi connectivity index (χ3n) is 15.4. The molecule has 1 aliphatic carbocycles. The number of aromatic nitrogens is 3. The van der Waals surface area contributed by atoms with Crippen molar-refractivity contribution < 1.29 is 9.22 Å². The number of pyridine rings is 1. The zero-order chi connectivity index (χ0) is 51.4. The van der Waals surface area contributed by atoms with E-state index in [1.807, 2.05) is 72.9 Å². The highest BCUT2D eigenvalue weighted by Gasteiger charge is 2.39. The summed E-state index contributed by atoms with van der Waals surface area (Å²) in [7, 11) is 0. The fourth-order valence-corrected chi connectivity index (χ4v) is 10.9. The number of para-hydroxylation sites is 2. The topological polar surface area (TPSA) is 50.9 Å². The van der Waals surface area contributed by atoms with Crippen molar-refractivity contribution in [2.75, 3.05) is 0 Å². The largest absolute Gasteiger partial charge is 0.507 e. The number of aryl methyl sites for hydroxylation is 1. The van der Waals surface area contributed by atoms with E-state index in [4.69, 9.17) is 14.1 Å². The summed E-state index contributed by atoms with van der Waals surface area (Å²) in [5, 5.41) is 12.7. The normalized spacial score (nSPS) is 17.9. The van der Waals surface area contributed by atoms with Crippen molar-refractivity contribution in [2.45, 2.75) is 83.4 Å². The standard InChI is InChI=1S/C67H61N3O/c1-45-27-29-46(30-28-45)48-35-40-68-60(44-48)50-41-49(42-53(43-50)65(2,3)4)56-23-16-26-61-62(56)69-64(59-25-15-24-58(63(59)71)57-22-14-13-21-55(57)47-17-9-7-10-18-47)70(61)54-33-31-52(32-34-54)67(6)38-36-66(5,37-39-67)51-19-11-8-12-20-51/h7-35,40-44,71H,36-39H2,1-6H3/i1D3. The van der Waals surface area contributed by atoms with Gasteiger partial charge in [0.1, 0.15) is 11.6 Å². The van der Waals surface area contributed by atoms with Gasteiger partial charge in [-0.25, -0.2) is 4.98 Å². The molecule has 350 valence electrons. The number of hydrogen-bond acceptors (Lipinski definition) is 3. The monoisotopic (exact) mass is 927 g/mol. The first kappa shape index (κ1) is 42.1. The van der Waals surface area contributed by atoms with Gasteiger partial charge in [-0.05, 0) is 147 Å². The molecule has 0 unspecified atom stereocenters. The Labute approximate surface area is 423 Å². The van der Waals surface area contributed by atoms with E-state index < -0.39 is 6.85 Å². The third-order valence-corrected chi connectivity index (χ3v) is 15.4. The summed E-state index contributed by atoms with van der Waals surface area (Å²) in [6.07, 6.45) is 6.26. The van der Waals surface area contributed by atoms with E-state index in [1.54, 1.807) is 12.1 Å². The van der Waals surface area contributed by atoms with Crippen molar-refractivity contribution in [2.24, 2.45) is 0 Å². The maximum absolute atomic E-state index is 12.7. The molecule has 0 spiro atoms. The number of aromatic hydroxyl groups is 1. The zero-order valence-electron chi connectivity index (χ0n) is 44.2. The predicted octanol–water partition coefficient (Wildman–Crippen LogP) is 17.5. The van der Waals surface area contributed by atoms with Crippen LogP contribution in [0.3, 0.4) is 0 Å². The summed E-state index contributed by atoms with van der Waals surface area (Å²) in [4.78, 5) is 10.5. The Hall–Kier alpha value is -7.82. The quantitative estimate of drug-likeness (QED) is 0.157. The minimum Gasteiger partial charge on any atom is -0.507 e. The smallest absolute Gasteiger partial charge is 0.149 e. The molecule has 4 heteroatoms. The number of benzene rings is 8. The van der Waals surface area contributed by atoms with Gasteiger partial charge in [0.05, 0.1) is 22.3 Å². The number of phenolic OH excluding ortho intramolecular Hbond substituents is 1. The van der Waals surface area contributed by atoms with Crippen molar-refractivity contribution >= 4 is 11.0 Å². The maximum Gasteiger partial charge on any atom is 0.149 e. The maximum atomic E-state index is 12.7. The zero-order valence-corrected chi connectivity index (χ0v) is 41.2. The van der Waals surface area contributed by atoms with E-state index in [0.29, 0.717) is 17.0 Å². The minimum atomic E-state index is -2.17. The van der Waals surface area contributed by atoms with Crippen LogP contribution in [0.1, 0.15) is 86.7 Å². The van der Waals surface area contributed by atoms with E-state index in [-0.39, 0.29) is 22.0 Å². The molecule has 1 N–H and O–H groups in total. The first-order valence-electron chi connectivity index (χ1n) is 26.4. The highest BCUT2D eigenvalue weighted by Crippen LogP contribution is 2.49. The molecule has 1 saturated carbocycles. The van der Waals surface area contributed by atoms with Gasteiger partial charge in [-0.1, -0.05) is 192 Å². The SMILES string of the molecule is [2H]C([2H])([2H])c1ccc(-c2ccnc(-c3cc(-c4cccc5c4nc(-c4cccc(-c6ccccc6-c6ccccc6)c4O)n5-c4ccc(C5(C)CCC(C)(c6ccccc6)CC5)cc4)cc(C(C)(C)C)c3)c2)cc1. The van der Waals surface area contributed by atoms with Gasteiger partial charge in [0.2, 0.25) is 0 Å². The van der Waals surface area contributed by atoms with Crippen LogP contribution in [0.15, 0.2) is 206 Å². The van der Waals surface area contributed by atoms with Crippen molar-refractivity contribution in [3.63, 3.8) is 0 Å². The summed E-state index contributed by atoms with van der Waals surface area (Å²) in [6, 6.07) is 68.9. The van der Waals surface area contributed by atoms with Gasteiger partial charge in [-0.15, -0.1) is 0 Å². The fraction of sp³-hybridized carbons (Fsp3) is 0.194. The van der Waals surface area contributed by atoms with Crippen LogP contribution in [-0.4, -0.2) is 19.6 Å². The molecule has 0 amide bonds. The Kier molecular flexibility index (Phi) is 10.8. The molecule has 0 radical (unpaired) electrons. The van der Waals surface area contributed by atoms with Crippen molar-refractivity contribution in [3.8, 4) is 78.6 Å². The molecule has 0 bridgehead atoms. The van der Waals surface area contributed by atoms with Crippen molar-refractivity contribution in [3.05, 3.63) is 229 Å². The van der Waals surface area contributed by atoms with Crippen molar-refractivity contribution in [1.82, 2.24) is 14.5 Å². The Morgan fingerprint density at radius 3 is 1.79 bits per heavy atom. The van der Waals surface area contributed by atoms with Crippen LogP contribution in [0.2, 0.25) is 0 Å². The first-order chi connectivity index (χ1) is 35.6. The molecule has 4 nitrogen and oxygen atoms in total. The molecule has 71 heavy (non-hydrogen) atoms. The number of rotatable bonds is 9. The molecular formula is C67H61N3O. The second kappa shape index (κ2) is 18.2. The number of nitrogens with zero attached hydrogens (tertiary/aromatic N) is 3. The van der Waals surface area contributed by atoms with Crippen LogP contribution in [0.25, 0.3) is 83.9 Å². The first-order valence-corrected chi connectivity index (χ1v) is 24.9. The lowest BCUT2D eigenvalue weighted by Gasteiger charge is -2.44. The molecule has 10 aromatic rings. The summed E-state index contributed by atoms with van der Waals surface area (Å²) in [5.41, 5.74) is 16.9. The summed E-state index contributed by atoms with van der Waals surface area (Å²) < 4.78 is 25.9. The molecule has 0 aliphatic heterocycles. The highest BCUT2D eigenvalue weighted by molar-refractivity contribution is 5.98. The molecule has 2 heterocycles. The summed E-state index contributed by atoms with van der Waals surface area (Å²) in [5.74, 6) is 0.808. The molecule has 0 atom stereocenters. The molecule has 1 fully saturated rings. The van der Waals surface area contributed by atoms with E-state index >= 15 is 0 Å². The van der Waals surface area contributed by atoms with E-state index in [9.17, 15) is 5.11 Å². The van der Waals surface area contributed by atoms with Crippen LogP contribution < -0.4 is 0 Å². The minimum absolute atomic E-state index is 0.0348. The fourth-order valence-electron chi connectivity index (χ4n) is 10.9. The van der Waals surface area contributed by atoms with Gasteiger partial charge in [0, 0.05) is 32.7 Å². The van der Waals surface area contributed by atoms with Gasteiger partial charge in [0.25, 0.3) is 0 Å². The van der Waals surface area contributed by atoms with Gasteiger partial charge in [0.15, 0.2) is 0 Å². The van der Waals surface area contributed by atoms with Crippen LogP contribution >= 0.6 is 0 Å². The molecule has 0 saturated heterocycles. The van der Waals surface area contributed by atoms with E-state index in [0.717, 1.165) is 104 Å². The van der Waals surface area contributed by atoms with Crippen molar-refractivity contribution in [1.29, 1.82) is 0 Å². The lowest BCUT2D eigenvalue weighted by Crippen LogP contribution is -2.36. The average molecular weight is 927 g/mol. The van der Waals surface area contributed by atoms with Gasteiger partial charge < -0.3 is 5.11 Å². The Morgan fingerprint density at radius 2 is 1.10 bits per heavy atom. The van der Waals surface area contributed by atoms with Gasteiger partial charge >= 0.3 is 0 Å². The van der Waals surface area contributed by atoms with Crippen LogP contribution in [0.5, 0.6) is 5.75 Å². The summed E-state index contributed by atoms with van der Waals surface area (Å²) >= 11 is 0. The number of imidazole rings is 1. The van der Waals surface area contributed by atoms with Gasteiger partial charge in [-0.2, -0.15) is 0 Å². The molecule has 2 aromatic heterocycles. The number of hydrogen-bond donors (Lipinski definition) is 1. The second-order valence-electron chi connectivity index (χ2n) is 21.1. The lowest BCUT2D eigenvalue weighted by atomic mass is 9.61. The Morgan fingerprint density at radius 1 is 0.507 bits per heavy atom. The van der Waals surface area contributed by atoms with Gasteiger partial charge in [-0.3, -0.25) is 9.55 Å². The van der Waals surface area contributed by atoms with Crippen LogP contribution in [-0.2, 0) is 16.2 Å². The van der Waals surface area contributed by atoms with E-state index in [1.165, 1.54) is 11.1 Å². The Balaban J connectivity index is 1.05. The highest BCUT2D eigenvalue weighted by atomic mass is 16.3. The number of phenols is 1. The molecule has 8 aromatic carbocycles. The molecular weight excluding hydrogens is 863 g/mol. The van der Waals surface area contributed by atoms with Crippen LogP contribution in [0, 0.1) is 6.85 Å². The van der Waals surface area contributed by atoms with Crippen LogP contribution in [0.4, 0.5) is 0 Å². The molecule has 11 rings (SSSR count). The lowest BCUT2D eigenvalue weighted by molar-refractivity contribution is 0.223. The summed E-state index contributed by atoms with van der Waals surface area (Å²) in [6.45, 7) is 9.37. The average Bonchev–Trinajstić information content (AvgIpc) is 3.82.